The van der Waals surface area contributed by atoms with Gasteiger partial charge in [0.1, 0.15) is 0 Å². The first-order valence-corrected chi connectivity index (χ1v) is 12.6. The molecule has 1 saturated carbocycles. The largest absolute Gasteiger partial charge is 0.325 e. The van der Waals surface area contributed by atoms with Crippen molar-refractivity contribution in [2.45, 2.75) is 44.6 Å². The number of fused-ring (bicyclic) bond motifs is 1. The highest BCUT2D eigenvalue weighted by atomic mass is 32.1. The SMILES string of the molecule is N[C@@H](CC1CCCCC1)C(=O)Nc1cccc(-c2ccnc3c(C(=O)c4cccs4)cnn23)c1. The maximum absolute atomic E-state index is 12.9. The zero-order chi connectivity index (χ0) is 23.5. The van der Waals surface area contributed by atoms with Gasteiger partial charge in [0.2, 0.25) is 11.7 Å². The van der Waals surface area contributed by atoms with Crippen molar-refractivity contribution in [2.24, 2.45) is 11.7 Å². The van der Waals surface area contributed by atoms with E-state index in [0.717, 1.165) is 30.5 Å². The molecule has 174 valence electrons. The molecule has 8 heteroatoms. The number of benzene rings is 1. The fraction of sp³-hybridized carbons (Fsp3) is 0.308. The summed E-state index contributed by atoms with van der Waals surface area (Å²) in [7, 11) is 0. The van der Waals surface area contributed by atoms with Crippen LogP contribution < -0.4 is 11.1 Å². The summed E-state index contributed by atoms with van der Waals surface area (Å²) in [6.45, 7) is 0. The van der Waals surface area contributed by atoms with Crippen LogP contribution in [0.2, 0.25) is 0 Å². The number of anilines is 1. The smallest absolute Gasteiger partial charge is 0.241 e. The molecule has 1 amide bonds. The van der Waals surface area contributed by atoms with Crippen molar-refractivity contribution in [2.75, 3.05) is 5.32 Å². The first-order chi connectivity index (χ1) is 16.6. The molecule has 1 aromatic carbocycles. The van der Waals surface area contributed by atoms with Gasteiger partial charge in [-0.2, -0.15) is 5.10 Å². The first-order valence-electron chi connectivity index (χ1n) is 11.7. The van der Waals surface area contributed by atoms with Crippen LogP contribution in [0.25, 0.3) is 16.9 Å². The van der Waals surface area contributed by atoms with Gasteiger partial charge in [0.25, 0.3) is 0 Å². The van der Waals surface area contributed by atoms with Gasteiger partial charge in [-0.25, -0.2) is 9.50 Å². The van der Waals surface area contributed by atoms with Crippen molar-refractivity contribution in [3.8, 4) is 11.3 Å². The second-order valence-corrected chi connectivity index (χ2v) is 9.79. The average Bonchev–Trinajstić information content (AvgIpc) is 3.55. The number of carbonyl (C=O) groups is 2. The number of aromatic nitrogens is 3. The molecule has 3 N–H and O–H groups in total. The Morgan fingerprint density at radius 3 is 2.79 bits per heavy atom. The molecule has 7 nitrogen and oxygen atoms in total. The van der Waals surface area contributed by atoms with Crippen molar-refractivity contribution in [3.63, 3.8) is 0 Å². The van der Waals surface area contributed by atoms with Crippen LogP contribution in [0.5, 0.6) is 0 Å². The summed E-state index contributed by atoms with van der Waals surface area (Å²) in [4.78, 5) is 30.7. The van der Waals surface area contributed by atoms with E-state index in [2.05, 4.69) is 15.4 Å². The van der Waals surface area contributed by atoms with Crippen molar-refractivity contribution in [3.05, 3.63) is 70.7 Å². The van der Waals surface area contributed by atoms with Gasteiger partial charge in [-0.15, -0.1) is 11.3 Å². The van der Waals surface area contributed by atoms with Crippen LogP contribution >= 0.6 is 11.3 Å². The summed E-state index contributed by atoms with van der Waals surface area (Å²) in [6.07, 6.45) is 10.0. The number of rotatable bonds is 7. The lowest BCUT2D eigenvalue weighted by molar-refractivity contribution is -0.117. The highest BCUT2D eigenvalue weighted by Crippen LogP contribution is 2.28. The maximum Gasteiger partial charge on any atom is 0.241 e. The molecular formula is C26H27N5O2S. The molecule has 34 heavy (non-hydrogen) atoms. The summed E-state index contributed by atoms with van der Waals surface area (Å²) in [5.74, 6) is 0.282. The van der Waals surface area contributed by atoms with Gasteiger partial charge in [0.15, 0.2) is 5.65 Å². The normalized spacial score (nSPS) is 15.3. The van der Waals surface area contributed by atoms with Crippen LogP contribution in [-0.4, -0.2) is 32.3 Å². The summed E-state index contributed by atoms with van der Waals surface area (Å²) in [5.41, 5.74) is 9.49. The van der Waals surface area contributed by atoms with Gasteiger partial charge in [-0.05, 0) is 42.0 Å². The monoisotopic (exact) mass is 473 g/mol. The second kappa shape index (κ2) is 9.87. The Bertz CT molecular complexity index is 1310. The molecule has 1 aliphatic rings. The fourth-order valence-corrected chi connectivity index (χ4v) is 5.37. The van der Waals surface area contributed by atoms with Crippen molar-refractivity contribution < 1.29 is 9.59 Å². The minimum absolute atomic E-state index is 0.0948. The molecule has 0 unspecified atom stereocenters. The molecule has 5 rings (SSSR count). The molecule has 1 aliphatic carbocycles. The van der Waals surface area contributed by atoms with Crippen LogP contribution in [0, 0.1) is 5.92 Å². The lowest BCUT2D eigenvalue weighted by Gasteiger charge is -2.24. The van der Waals surface area contributed by atoms with Gasteiger partial charge in [-0.1, -0.05) is 50.3 Å². The third kappa shape index (κ3) is 4.64. The Labute approximate surface area is 202 Å². The third-order valence-electron chi connectivity index (χ3n) is 6.47. The van der Waals surface area contributed by atoms with Crippen LogP contribution in [0.3, 0.4) is 0 Å². The molecule has 0 bridgehead atoms. The van der Waals surface area contributed by atoms with E-state index in [0.29, 0.717) is 27.7 Å². The van der Waals surface area contributed by atoms with E-state index >= 15 is 0 Å². The van der Waals surface area contributed by atoms with Gasteiger partial charge < -0.3 is 11.1 Å². The van der Waals surface area contributed by atoms with Gasteiger partial charge in [0, 0.05) is 17.4 Å². The maximum atomic E-state index is 12.9. The van der Waals surface area contributed by atoms with E-state index in [1.807, 2.05) is 41.8 Å². The number of amides is 1. The topological polar surface area (TPSA) is 102 Å². The van der Waals surface area contributed by atoms with Crippen molar-refractivity contribution in [1.29, 1.82) is 0 Å². The summed E-state index contributed by atoms with van der Waals surface area (Å²) >= 11 is 1.39. The molecule has 0 spiro atoms. The average molecular weight is 474 g/mol. The molecule has 1 fully saturated rings. The van der Waals surface area contributed by atoms with Gasteiger partial charge in [-0.3, -0.25) is 9.59 Å². The van der Waals surface area contributed by atoms with E-state index in [9.17, 15) is 9.59 Å². The second-order valence-electron chi connectivity index (χ2n) is 8.85. The zero-order valence-corrected chi connectivity index (χ0v) is 19.6. The van der Waals surface area contributed by atoms with E-state index in [4.69, 9.17) is 5.73 Å². The summed E-state index contributed by atoms with van der Waals surface area (Å²) in [5, 5.41) is 9.28. The highest BCUT2D eigenvalue weighted by Gasteiger charge is 2.22. The van der Waals surface area contributed by atoms with Crippen LogP contribution in [0.15, 0.2) is 60.2 Å². The minimum Gasteiger partial charge on any atom is -0.325 e. The molecule has 4 aromatic rings. The van der Waals surface area contributed by atoms with E-state index in [1.54, 1.807) is 23.0 Å². The van der Waals surface area contributed by atoms with E-state index in [-0.39, 0.29) is 11.7 Å². The highest BCUT2D eigenvalue weighted by molar-refractivity contribution is 7.12. The molecule has 3 aromatic heterocycles. The number of nitrogens with zero attached hydrogens (tertiary/aromatic N) is 3. The lowest BCUT2D eigenvalue weighted by Crippen LogP contribution is -2.37. The van der Waals surface area contributed by atoms with Crippen LogP contribution in [0.4, 0.5) is 5.69 Å². The number of hydrogen-bond donors (Lipinski definition) is 2. The van der Waals surface area contributed by atoms with E-state index < -0.39 is 6.04 Å². The van der Waals surface area contributed by atoms with Crippen LogP contribution in [0.1, 0.15) is 53.8 Å². The Balaban J connectivity index is 1.36. The number of carbonyl (C=O) groups excluding carboxylic acids is 2. The predicted molar refractivity (Wildman–Crippen MR) is 134 cm³/mol. The quantitative estimate of drug-likeness (QED) is 0.371. The predicted octanol–water partition coefficient (Wildman–Crippen LogP) is 4.93. The van der Waals surface area contributed by atoms with Gasteiger partial charge >= 0.3 is 0 Å². The molecular weight excluding hydrogens is 446 g/mol. The number of thiophene rings is 1. The number of nitrogens with one attached hydrogen (secondary N) is 1. The molecule has 3 heterocycles. The molecule has 0 saturated heterocycles. The number of hydrogen-bond acceptors (Lipinski definition) is 6. The Morgan fingerprint density at radius 2 is 2.00 bits per heavy atom. The molecule has 0 aliphatic heterocycles. The lowest BCUT2D eigenvalue weighted by atomic mass is 9.85. The van der Waals surface area contributed by atoms with E-state index in [1.165, 1.54) is 30.6 Å². The Kier molecular flexibility index (Phi) is 6.51. The Hall–Kier alpha value is -3.36. The summed E-state index contributed by atoms with van der Waals surface area (Å²) in [6, 6.07) is 12.5. The standard InChI is InChI=1S/C26H27N5O2S/c27-21(14-17-6-2-1-3-7-17)26(33)30-19-9-4-8-18(15-19)22-11-12-28-25-20(16-29-31(22)25)24(32)23-10-5-13-34-23/h4-5,8-13,15-17,21H,1-3,6-7,14,27H2,(H,30,33)/t21-/m0/s1. The first kappa shape index (κ1) is 22.4. The molecule has 1 atom stereocenters. The van der Waals surface area contributed by atoms with Gasteiger partial charge in [0.05, 0.1) is 28.4 Å². The molecule has 0 radical (unpaired) electrons. The number of nitrogens with two attached hydrogens (primary N) is 1. The fourth-order valence-electron chi connectivity index (χ4n) is 4.69. The Morgan fingerprint density at radius 1 is 1.15 bits per heavy atom. The minimum atomic E-state index is -0.517. The van der Waals surface area contributed by atoms with Crippen molar-refractivity contribution >= 4 is 34.4 Å². The number of ketones is 1. The third-order valence-corrected chi connectivity index (χ3v) is 7.33. The van der Waals surface area contributed by atoms with Crippen LogP contribution in [-0.2, 0) is 4.79 Å². The summed E-state index contributed by atoms with van der Waals surface area (Å²) < 4.78 is 1.66. The van der Waals surface area contributed by atoms with Crippen molar-refractivity contribution in [1.82, 2.24) is 14.6 Å². The zero-order valence-electron chi connectivity index (χ0n) is 18.8.